The lowest BCUT2D eigenvalue weighted by Crippen LogP contribution is -2.48. The van der Waals surface area contributed by atoms with Gasteiger partial charge in [0.25, 0.3) is 0 Å². The van der Waals surface area contributed by atoms with Crippen LogP contribution in [0.5, 0.6) is 6.01 Å². The second-order valence-electron chi connectivity index (χ2n) is 14.0. The molecule has 8 rings (SSSR count). The smallest absolute Gasteiger partial charge is 0.318 e. The Morgan fingerprint density at radius 3 is 2.46 bits per heavy atom. The number of hydrogen-bond donors (Lipinski definition) is 0. The van der Waals surface area contributed by atoms with Gasteiger partial charge in [0.2, 0.25) is 5.91 Å². The molecule has 4 aliphatic rings. The van der Waals surface area contributed by atoms with E-state index in [1.807, 2.05) is 47.1 Å². The lowest BCUT2D eigenvalue weighted by molar-refractivity contribution is -0.126. The molecule has 0 spiro atoms. The van der Waals surface area contributed by atoms with Crippen molar-refractivity contribution >= 4 is 45.0 Å². The van der Waals surface area contributed by atoms with Gasteiger partial charge >= 0.3 is 6.01 Å². The highest BCUT2D eigenvalue weighted by atomic mass is 35.5. The van der Waals surface area contributed by atoms with Crippen LogP contribution in [0.25, 0.3) is 32.9 Å². The summed E-state index contributed by atoms with van der Waals surface area (Å²) in [4.78, 5) is 34.4. The molecule has 286 valence electrons. The number of nitrogens with zero attached hydrogens (tertiary/aromatic N) is 8. The molecule has 10 nitrogen and oxygen atoms in total. The number of anilines is 1. The minimum atomic E-state index is -0.798. The maximum Gasteiger partial charge on any atom is 0.318 e. The van der Waals surface area contributed by atoms with Crippen LogP contribution in [-0.2, 0) is 4.79 Å². The molecule has 0 aliphatic carbocycles. The van der Waals surface area contributed by atoms with E-state index < -0.39 is 18.2 Å². The zero-order valence-electron chi connectivity index (χ0n) is 30.9. The monoisotopic (exact) mass is 762 g/mol. The molecule has 2 aromatic carbocycles. The van der Waals surface area contributed by atoms with Crippen LogP contribution in [0.2, 0.25) is 5.02 Å². The Kier molecular flexibility index (Phi) is 12.9. The molecule has 6 heterocycles. The van der Waals surface area contributed by atoms with E-state index in [4.69, 9.17) is 21.6 Å². The van der Waals surface area contributed by atoms with Gasteiger partial charge in [-0.25, -0.2) is 13.2 Å². The molecule has 0 radical (unpaired) electrons. The zero-order chi connectivity index (χ0) is 38.4. The van der Waals surface area contributed by atoms with E-state index in [2.05, 4.69) is 19.9 Å². The van der Waals surface area contributed by atoms with Crippen LogP contribution in [0.15, 0.2) is 54.7 Å². The van der Waals surface area contributed by atoms with Gasteiger partial charge in [0.05, 0.1) is 18.6 Å². The Morgan fingerprint density at radius 1 is 1.04 bits per heavy atom. The van der Waals surface area contributed by atoms with Crippen molar-refractivity contribution < 1.29 is 22.7 Å². The number of benzene rings is 2. The van der Waals surface area contributed by atoms with Gasteiger partial charge in [-0.3, -0.25) is 19.6 Å². The van der Waals surface area contributed by atoms with Gasteiger partial charge < -0.3 is 14.5 Å². The van der Waals surface area contributed by atoms with Gasteiger partial charge in [0.15, 0.2) is 5.82 Å². The Hall–Kier alpha value is -4.51. The van der Waals surface area contributed by atoms with E-state index in [9.17, 15) is 13.6 Å². The first-order chi connectivity index (χ1) is 26.1. The van der Waals surface area contributed by atoms with Gasteiger partial charge in [-0.2, -0.15) is 15.2 Å². The summed E-state index contributed by atoms with van der Waals surface area (Å²) in [5.74, 6) is -0.183. The van der Waals surface area contributed by atoms with Gasteiger partial charge in [0, 0.05) is 93.1 Å². The predicted molar refractivity (Wildman–Crippen MR) is 206 cm³/mol. The van der Waals surface area contributed by atoms with Crippen molar-refractivity contribution in [2.24, 2.45) is 0 Å². The normalized spacial score (nSPS) is 22.1. The molecule has 4 atom stereocenters. The van der Waals surface area contributed by atoms with Crippen LogP contribution in [0.4, 0.5) is 19.0 Å². The van der Waals surface area contributed by atoms with E-state index in [-0.39, 0.29) is 29.2 Å². The van der Waals surface area contributed by atoms with Crippen LogP contribution in [-0.4, -0.2) is 119 Å². The van der Waals surface area contributed by atoms with Gasteiger partial charge in [0.1, 0.15) is 29.4 Å². The molecular formula is C40H46ClF3N8O2. The van der Waals surface area contributed by atoms with E-state index in [1.165, 1.54) is 26.9 Å². The Labute approximate surface area is 319 Å². The molecule has 14 heteroatoms. The van der Waals surface area contributed by atoms with Crippen molar-refractivity contribution in [2.45, 2.75) is 64.0 Å². The van der Waals surface area contributed by atoms with Gasteiger partial charge in [-0.1, -0.05) is 48.0 Å². The van der Waals surface area contributed by atoms with Crippen LogP contribution in [0.3, 0.4) is 0 Å². The Bertz CT molecular complexity index is 2000. The third-order valence-corrected chi connectivity index (χ3v) is 10.9. The third kappa shape index (κ3) is 8.72. The second kappa shape index (κ2) is 17.8. The fourth-order valence-corrected chi connectivity index (χ4v) is 8.04. The number of halogens is 4. The first-order valence-electron chi connectivity index (χ1n) is 18.5. The molecule has 4 unspecified atom stereocenters. The van der Waals surface area contributed by atoms with Gasteiger partial charge in [-0.15, -0.1) is 0 Å². The van der Waals surface area contributed by atoms with Crippen LogP contribution < -0.4 is 9.64 Å². The average molecular weight is 763 g/mol. The molecule has 0 saturated carbocycles. The first kappa shape index (κ1) is 39.2. The summed E-state index contributed by atoms with van der Waals surface area (Å²) in [7, 11) is 1.44. The number of amides is 1. The van der Waals surface area contributed by atoms with Crippen molar-refractivity contribution in [1.29, 1.82) is 5.26 Å². The summed E-state index contributed by atoms with van der Waals surface area (Å²) in [6, 6.07) is 13.5. The molecule has 0 N–H and O–H groups in total. The summed E-state index contributed by atoms with van der Waals surface area (Å²) in [5, 5.41) is 9.87. The number of alkyl halides is 2. The summed E-state index contributed by atoms with van der Waals surface area (Å²) in [6.07, 6.45) is 7.55. The number of likely N-dealkylation sites (tertiary alicyclic amines) is 1. The maximum absolute atomic E-state index is 16.2. The Balaban J connectivity index is 0.000000352. The minimum absolute atomic E-state index is 0.00646. The number of fused-ring (bicyclic) bond motifs is 3. The topological polar surface area (TPSA) is 102 Å². The summed E-state index contributed by atoms with van der Waals surface area (Å²) < 4.78 is 47.7. The fraction of sp³-hybridized carbons (Fsp3) is 0.475. The molecule has 4 aliphatic heterocycles. The molecule has 2 aromatic heterocycles. The molecule has 4 aromatic rings. The van der Waals surface area contributed by atoms with Gasteiger partial charge in [-0.05, 0) is 50.6 Å². The molecular weight excluding hydrogens is 717 g/mol. The minimum Gasteiger partial charge on any atom is -0.467 e. The number of methoxy groups -OCH3 is 1. The van der Waals surface area contributed by atoms with Crippen molar-refractivity contribution in [2.75, 3.05) is 64.4 Å². The van der Waals surface area contributed by atoms with Crippen molar-refractivity contribution in [3.63, 3.8) is 0 Å². The standard InChI is InChI=1S/C31H31ClF2N6O2.C7H12FN.C2H3N/c1-19(40-12-11-21(33)18-40)9-10-25(41)38-13-15-39(16-14-38)30-23-17-35-28(27(34)29(23)36-31(37-30)42-2)22-7-3-5-20-6-4-8-24(32)26(20)22;8-6-4-7-2-1-3-9(7)5-6;1-2-3/h3-10,17,19,21H,11-16,18H2,1-2H3;6-7H,1-5H2;1H3/b10-9+;;. The third-order valence-electron chi connectivity index (χ3n) is 10.5. The molecule has 0 bridgehead atoms. The van der Waals surface area contributed by atoms with E-state index in [1.54, 1.807) is 35.4 Å². The summed E-state index contributed by atoms with van der Waals surface area (Å²) >= 11 is 6.51. The second-order valence-corrected chi connectivity index (χ2v) is 14.4. The zero-order valence-corrected chi connectivity index (χ0v) is 31.7. The van der Waals surface area contributed by atoms with Crippen molar-refractivity contribution in [3.8, 4) is 23.3 Å². The molecule has 4 fully saturated rings. The number of aromatic nitrogens is 3. The lowest BCUT2D eigenvalue weighted by Gasteiger charge is -2.35. The summed E-state index contributed by atoms with van der Waals surface area (Å²) in [6.45, 7) is 8.26. The van der Waals surface area contributed by atoms with Crippen LogP contribution >= 0.6 is 11.6 Å². The number of hydrogen-bond acceptors (Lipinski definition) is 9. The number of nitriles is 1. The first-order valence-corrected chi connectivity index (χ1v) is 18.9. The molecule has 1 amide bonds. The largest absolute Gasteiger partial charge is 0.467 e. The Morgan fingerprint density at radius 2 is 1.78 bits per heavy atom. The van der Waals surface area contributed by atoms with Crippen molar-refractivity contribution in [3.05, 3.63) is 65.6 Å². The highest BCUT2D eigenvalue weighted by Gasteiger charge is 2.35. The number of piperazine rings is 1. The number of rotatable bonds is 6. The number of carbonyl (C=O) groups excluding carboxylic acids is 1. The average Bonchev–Trinajstić information content (AvgIpc) is 3.91. The summed E-state index contributed by atoms with van der Waals surface area (Å²) in [5.41, 5.74) is 0.805. The number of carbonyl (C=O) groups is 1. The maximum atomic E-state index is 16.2. The number of pyridine rings is 1. The van der Waals surface area contributed by atoms with Crippen LogP contribution in [0.1, 0.15) is 39.5 Å². The highest BCUT2D eigenvalue weighted by molar-refractivity contribution is 6.36. The molecule has 4 saturated heterocycles. The highest BCUT2D eigenvalue weighted by Crippen LogP contribution is 2.37. The van der Waals surface area contributed by atoms with E-state index in [0.29, 0.717) is 85.5 Å². The SMILES string of the molecule is CC#N.COc1nc(N2CCN(C(=O)/C=C/C(C)N3CCC(F)C3)CC2)c2cnc(-c3cccc4cccc(Cl)c34)c(F)c2n1.FC1CC2CCCN2C1. The van der Waals surface area contributed by atoms with E-state index in [0.717, 1.165) is 18.4 Å². The van der Waals surface area contributed by atoms with Crippen molar-refractivity contribution in [1.82, 2.24) is 29.7 Å². The quantitative estimate of drug-likeness (QED) is 0.192. The molecule has 54 heavy (non-hydrogen) atoms. The lowest BCUT2D eigenvalue weighted by atomic mass is 10.0. The number of ether oxygens (including phenoxy) is 1. The van der Waals surface area contributed by atoms with E-state index >= 15 is 4.39 Å². The van der Waals surface area contributed by atoms with Crippen LogP contribution in [0, 0.1) is 17.1 Å². The fourth-order valence-electron chi connectivity index (χ4n) is 7.76. The predicted octanol–water partition coefficient (Wildman–Crippen LogP) is 7.01.